The number of aliphatic carboxylic acids is 1. The van der Waals surface area contributed by atoms with Gasteiger partial charge in [0, 0.05) is 0 Å². The van der Waals surface area contributed by atoms with E-state index in [1.54, 1.807) is 13.8 Å². The number of hydrogen-bond acceptors (Lipinski definition) is 3. The molecule has 0 fully saturated rings. The first-order valence-electron chi connectivity index (χ1n) is 4.84. The molecule has 1 unspecified atom stereocenters. The summed E-state index contributed by atoms with van der Waals surface area (Å²) in [6, 6.07) is -2.67. The lowest BCUT2D eigenvalue weighted by molar-refractivity contribution is -0.141. The summed E-state index contributed by atoms with van der Waals surface area (Å²) in [6.07, 6.45) is 0. The summed E-state index contributed by atoms with van der Waals surface area (Å²) in [4.78, 5) is 32.8. The Kier molecular flexibility index (Phi) is 5.27. The summed E-state index contributed by atoms with van der Waals surface area (Å²) in [5, 5.41) is 13.1. The zero-order valence-corrected chi connectivity index (χ0v) is 9.48. The number of amides is 3. The van der Waals surface area contributed by atoms with Crippen molar-refractivity contribution in [1.82, 2.24) is 10.6 Å². The second-order valence-corrected chi connectivity index (χ2v) is 3.80. The van der Waals surface area contributed by atoms with Crippen molar-refractivity contribution in [2.24, 2.45) is 11.7 Å². The maximum atomic E-state index is 11.6. The van der Waals surface area contributed by atoms with Gasteiger partial charge in [0.15, 0.2) is 0 Å². The predicted molar refractivity (Wildman–Crippen MR) is 56.6 cm³/mol. The minimum Gasteiger partial charge on any atom is -0.480 e. The van der Waals surface area contributed by atoms with Gasteiger partial charge in [-0.15, -0.1) is 0 Å². The molecule has 0 bridgehead atoms. The molecule has 7 nitrogen and oxygen atoms in total. The molecule has 5 N–H and O–H groups in total. The number of nitrogens with one attached hydrogen (secondary N) is 2. The lowest BCUT2D eigenvalue weighted by atomic mass is 10.0. The molecule has 0 aromatic carbocycles. The Labute approximate surface area is 93.4 Å². The van der Waals surface area contributed by atoms with E-state index >= 15 is 0 Å². The molecule has 7 heteroatoms. The number of carbonyl (C=O) groups excluding carboxylic acids is 2. The van der Waals surface area contributed by atoms with Gasteiger partial charge < -0.3 is 21.5 Å². The van der Waals surface area contributed by atoms with Gasteiger partial charge in [0.2, 0.25) is 5.91 Å². The molecule has 0 rings (SSSR count). The van der Waals surface area contributed by atoms with Crippen LogP contribution < -0.4 is 16.4 Å². The van der Waals surface area contributed by atoms with Crippen LogP contribution in [0.15, 0.2) is 0 Å². The molecule has 16 heavy (non-hydrogen) atoms. The summed E-state index contributed by atoms with van der Waals surface area (Å²) >= 11 is 0. The van der Waals surface area contributed by atoms with Crippen LogP contribution in [0.4, 0.5) is 4.79 Å². The normalized spacial score (nSPS) is 14.0. The molecule has 0 saturated carbocycles. The highest BCUT2D eigenvalue weighted by Gasteiger charge is 2.25. The van der Waals surface area contributed by atoms with Gasteiger partial charge in [-0.25, -0.2) is 4.79 Å². The van der Waals surface area contributed by atoms with E-state index in [1.165, 1.54) is 6.92 Å². The highest BCUT2D eigenvalue weighted by molar-refractivity contribution is 5.89. The van der Waals surface area contributed by atoms with Crippen molar-refractivity contribution in [3.63, 3.8) is 0 Å². The monoisotopic (exact) mass is 231 g/mol. The Morgan fingerprint density at radius 2 is 1.62 bits per heavy atom. The minimum absolute atomic E-state index is 0.187. The molecule has 0 spiro atoms. The zero-order valence-electron chi connectivity index (χ0n) is 9.48. The van der Waals surface area contributed by atoms with Gasteiger partial charge >= 0.3 is 12.0 Å². The molecule has 2 atom stereocenters. The van der Waals surface area contributed by atoms with Gasteiger partial charge in [-0.05, 0) is 12.8 Å². The van der Waals surface area contributed by atoms with Gasteiger partial charge in [-0.2, -0.15) is 0 Å². The summed E-state index contributed by atoms with van der Waals surface area (Å²) in [5.74, 6) is -1.90. The number of nitrogens with two attached hydrogens (primary N) is 1. The van der Waals surface area contributed by atoms with Crippen LogP contribution in [0.3, 0.4) is 0 Å². The van der Waals surface area contributed by atoms with Crippen LogP contribution in [0.5, 0.6) is 0 Å². The first-order valence-corrected chi connectivity index (χ1v) is 4.84. The maximum Gasteiger partial charge on any atom is 0.325 e. The van der Waals surface area contributed by atoms with E-state index in [4.69, 9.17) is 10.8 Å². The van der Waals surface area contributed by atoms with Crippen LogP contribution in [0, 0.1) is 5.92 Å². The third-order valence-electron chi connectivity index (χ3n) is 1.98. The van der Waals surface area contributed by atoms with E-state index < -0.39 is 30.0 Å². The molecule has 0 aliphatic heterocycles. The molecule has 92 valence electrons. The topological polar surface area (TPSA) is 122 Å². The molecular weight excluding hydrogens is 214 g/mol. The van der Waals surface area contributed by atoms with Crippen LogP contribution in [-0.4, -0.2) is 35.1 Å². The van der Waals surface area contributed by atoms with Gasteiger partial charge in [0.25, 0.3) is 0 Å². The van der Waals surface area contributed by atoms with E-state index in [-0.39, 0.29) is 5.92 Å². The van der Waals surface area contributed by atoms with E-state index in [9.17, 15) is 14.4 Å². The third-order valence-corrected chi connectivity index (χ3v) is 1.98. The Morgan fingerprint density at radius 1 is 1.12 bits per heavy atom. The van der Waals surface area contributed by atoms with Crippen molar-refractivity contribution >= 4 is 17.9 Å². The number of carboxylic acid groups (broad SMARTS) is 1. The highest BCUT2D eigenvalue weighted by atomic mass is 16.4. The molecule has 3 amide bonds. The predicted octanol–water partition coefficient (Wildman–Crippen LogP) is -0.731. The lowest BCUT2D eigenvalue weighted by Crippen LogP contribution is -2.54. The summed E-state index contributed by atoms with van der Waals surface area (Å²) in [7, 11) is 0. The highest BCUT2D eigenvalue weighted by Crippen LogP contribution is 2.02. The number of rotatable bonds is 5. The van der Waals surface area contributed by atoms with E-state index in [0.29, 0.717) is 0 Å². The van der Waals surface area contributed by atoms with Crippen molar-refractivity contribution in [2.45, 2.75) is 32.9 Å². The molecule has 0 aliphatic carbocycles. The maximum absolute atomic E-state index is 11.6. The third kappa shape index (κ3) is 4.63. The van der Waals surface area contributed by atoms with Crippen LogP contribution in [-0.2, 0) is 9.59 Å². The number of carbonyl (C=O) groups is 3. The Bertz CT molecular complexity index is 290. The lowest BCUT2D eigenvalue weighted by Gasteiger charge is -2.21. The average molecular weight is 231 g/mol. The van der Waals surface area contributed by atoms with Crippen molar-refractivity contribution in [3.8, 4) is 0 Å². The summed E-state index contributed by atoms with van der Waals surface area (Å²) in [5.41, 5.74) is 4.91. The molecule has 0 saturated heterocycles. The fraction of sp³-hybridized carbons (Fsp3) is 0.667. The van der Waals surface area contributed by atoms with Gasteiger partial charge in [0.1, 0.15) is 12.1 Å². The fourth-order valence-corrected chi connectivity index (χ4v) is 1.05. The number of urea groups is 1. The standard InChI is InChI=1S/C9H17N3O4/c1-4(2)6(12-9(10)16)7(13)11-5(3)8(14)15/h4-6H,1-3H3,(H,11,13)(H,14,15)(H3,10,12,16)/t5-,6?/m0/s1. The number of primary amides is 1. The fourth-order valence-electron chi connectivity index (χ4n) is 1.05. The quantitative estimate of drug-likeness (QED) is 0.498. The average Bonchev–Trinajstić information content (AvgIpc) is 2.12. The van der Waals surface area contributed by atoms with Crippen LogP contribution in [0.25, 0.3) is 0 Å². The number of hydrogen-bond donors (Lipinski definition) is 4. The van der Waals surface area contributed by atoms with Crippen molar-refractivity contribution in [3.05, 3.63) is 0 Å². The number of carboxylic acids is 1. The minimum atomic E-state index is -1.14. The second kappa shape index (κ2) is 5.94. The summed E-state index contributed by atoms with van der Waals surface area (Å²) < 4.78 is 0. The Balaban J connectivity index is 4.50. The smallest absolute Gasteiger partial charge is 0.325 e. The van der Waals surface area contributed by atoms with Gasteiger partial charge in [-0.1, -0.05) is 13.8 Å². The van der Waals surface area contributed by atoms with Crippen molar-refractivity contribution in [2.75, 3.05) is 0 Å². The second-order valence-electron chi connectivity index (χ2n) is 3.80. The first kappa shape index (κ1) is 14.2. The van der Waals surface area contributed by atoms with Crippen molar-refractivity contribution in [1.29, 1.82) is 0 Å². The largest absolute Gasteiger partial charge is 0.480 e. The van der Waals surface area contributed by atoms with Crippen LogP contribution in [0.2, 0.25) is 0 Å². The molecule has 0 radical (unpaired) electrons. The first-order chi connectivity index (χ1) is 7.25. The molecular formula is C9H17N3O4. The SMILES string of the molecule is CC(C)C(NC(N)=O)C(=O)N[C@@H](C)C(=O)O. The molecule has 0 heterocycles. The van der Waals surface area contributed by atoms with Crippen LogP contribution in [0.1, 0.15) is 20.8 Å². The Morgan fingerprint density at radius 3 is 1.94 bits per heavy atom. The van der Waals surface area contributed by atoms with Gasteiger partial charge in [0.05, 0.1) is 0 Å². The van der Waals surface area contributed by atoms with Gasteiger partial charge in [-0.3, -0.25) is 9.59 Å². The molecule has 0 aromatic heterocycles. The molecule has 0 aromatic rings. The van der Waals surface area contributed by atoms with E-state index in [0.717, 1.165) is 0 Å². The molecule has 0 aliphatic rings. The summed E-state index contributed by atoms with van der Waals surface area (Å²) in [6.45, 7) is 4.76. The Hall–Kier alpha value is -1.79. The zero-order chi connectivity index (χ0) is 12.9. The van der Waals surface area contributed by atoms with E-state index in [1.807, 2.05) is 0 Å². The van der Waals surface area contributed by atoms with Crippen LogP contribution >= 0.6 is 0 Å². The van der Waals surface area contributed by atoms with E-state index in [2.05, 4.69) is 10.6 Å². The van der Waals surface area contributed by atoms with Crippen molar-refractivity contribution < 1.29 is 19.5 Å².